The van der Waals surface area contributed by atoms with Gasteiger partial charge in [0.05, 0.1) is 5.60 Å². The molecule has 0 heterocycles. The van der Waals surface area contributed by atoms with Gasteiger partial charge >= 0.3 is 0 Å². The molecular formula is C52H106O. The van der Waals surface area contributed by atoms with Crippen molar-refractivity contribution >= 4 is 0 Å². The van der Waals surface area contributed by atoms with Crippen LogP contribution < -0.4 is 0 Å². The maximum atomic E-state index is 11.8. The molecule has 1 N–H and O–H groups in total. The van der Waals surface area contributed by atoms with E-state index in [1.807, 2.05) is 0 Å². The maximum Gasteiger partial charge on any atom is 0.0647 e. The largest absolute Gasteiger partial charge is 0.390 e. The van der Waals surface area contributed by atoms with Crippen LogP contribution in [0.1, 0.15) is 329 Å². The summed E-state index contributed by atoms with van der Waals surface area (Å²) in [6.07, 6.45) is 66.9. The van der Waals surface area contributed by atoms with E-state index >= 15 is 0 Å². The van der Waals surface area contributed by atoms with Crippen molar-refractivity contribution in [1.82, 2.24) is 0 Å². The average molecular weight is 747 g/mol. The highest BCUT2D eigenvalue weighted by molar-refractivity contribution is 4.79. The molecule has 320 valence electrons. The van der Waals surface area contributed by atoms with Crippen molar-refractivity contribution < 1.29 is 5.11 Å². The molecule has 0 aliphatic rings. The van der Waals surface area contributed by atoms with Crippen LogP contribution >= 0.6 is 0 Å². The van der Waals surface area contributed by atoms with Gasteiger partial charge in [-0.15, -0.1) is 0 Å². The summed E-state index contributed by atoms with van der Waals surface area (Å²) in [5.74, 6) is 0. The first-order valence-electron chi connectivity index (χ1n) is 25.9. The second-order valence-corrected chi connectivity index (χ2v) is 18.3. The normalized spacial score (nSPS) is 12.9. The molecule has 1 heteroatoms. The van der Waals surface area contributed by atoms with Crippen molar-refractivity contribution in [2.75, 3.05) is 0 Å². The van der Waals surface area contributed by atoms with Crippen LogP contribution in [-0.2, 0) is 0 Å². The van der Waals surface area contributed by atoms with Crippen LogP contribution in [0.3, 0.4) is 0 Å². The van der Waals surface area contributed by atoms with E-state index in [-0.39, 0.29) is 5.60 Å². The Labute approximate surface area is 338 Å². The first kappa shape index (κ1) is 53.0. The Morgan fingerprint density at radius 3 is 0.434 bits per heavy atom. The molecule has 0 aliphatic heterocycles. The van der Waals surface area contributed by atoms with E-state index in [1.165, 1.54) is 289 Å². The first-order valence-corrected chi connectivity index (χ1v) is 25.9. The van der Waals surface area contributed by atoms with Crippen LogP contribution in [0.2, 0.25) is 0 Å². The summed E-state index contributed by atoms with van der Waals surface area (Å²) in [6.45, 7) is 6.93. The van der Waals surface area contributed by atoms with Gasteiger partial charge in [0.25, 0.3) is 0 Å². The maximum absolute atomic E-state index is 11.8. The molecule has 0 bridgehead atoms. The zero-order valence-corrected chi connectivity index (χ0v) is 37.9. The third kappa shape index (κ3) is 44.5. The summed E-state index contributed by atoms with van der Waals surface area (Å²) in [7, 11) is 0. The molecule has 0 aromatic rings. The summed E-state index contributed by atoms with van der Waals surface area (Å²) in [4.78, 5) is 0. The summed E-state index contributed by atoms with van der Waals surface area (Å²) in [5.41, 5.74) is -0.385. The molecule has 0 spiro atoms. The van der Waals surface area contributed by atoms with E-state index in [1.54, 1.807) is 0 Å². The summed E-state index contributed by atoms with van der Waals surface area (Å²) in [5, 5.41) is 11.8. The molecule has 0 saturated carbocycles. The highest BCUT2D eigenvalue weighted by Crippen LogP contribution is 2.29. The van der Waals surface area contributed by atoms with Gasteiger partial charge in [-0.2, -0.15) is 0 Å². The highest BCUT2D eigenvalue weighted by Gasteiger charge is 2.25. The molecule has 0 aromatic heterocycles. The van der Waals surface area contributed by atoms with E-state index in [0.717, 1.165) is 19.3 Å². The van der Waals surface area contributed by atoms with Crippen LogP contribution in [0, 0.1) is 0 Å². The van der Waals surface area contributed by atoms with Gasteiger partial charge < -0.3 is 5.11 Å². The second kappa shape index (κ2) is 46.3. The molecule has 0 aliphatic carbocycles. The minimum atomic E-state index is -0.385. The molecule has 53 heavy (non-hydrogen) atoms. The van der Waals surface area contributed by atoms with E-state index < -0.39 is 0 Å². The van der Waals surface area contributed by atoms with Crippen molar-refractivity contribution in [3.05, 3.63) is 0 Å². The Bertz CT molecular complexity index is 629. The topological polar surface area (TPSA) is 20.2 Å². The van der Waals surface area contributed by atoms with Gasteiger partial charge in [-0.3, -0.25) is 0 Å². The lowest BCUT2D eigenvalue weighted by Crippen LogP contribution is -2.28. The second-order valence-electron chi connectivity index (χ2n) is 18.3. The smallest absolute Gasteiger partial charge is 0.0647 e. The SMILES string of the molecule is CCCCCCCCCCCCCCCCCCC(O)(CCCCCCCCCCCCCCCC)CCCCCCCCCCCCCCCCC. The molecule has 1 atom stereocenters. The Morgan fingerprint density at radius 2 is 0.302 bits per heavy atom. The molecule has 1 unspecified atom stereocenters. The van der Waals surface area contributed by atoms with Gasteiger partial charge in [0.1, 0.15) is 0 Å². The summed E-state index contributed by atoms with van der Waals surface area (Å²) < 4.78 is 0. The van der Waals surface area contributed by atoms with Crippen molar-refractivity contribution in [3.63, 3.8) is 0 Å². The molecule has 0 rings (SSSR count). The Balaban J connectivity index is 4.07. The summed E-state index contributed by atoms with van der Waals surface area (Å²) >= 11 is 0. The highest BCUT2D eigenvalue weighted by atomic mass is 16.3. The lowest BCUT2D eigenvalue weighted by atomic mass is 9.85. The number of hydrogen-bond donors (Lipinski definition) is 1. The molecule has 0 aromatic carbocycles. The molecule has 1 nitrogen and oxygen atoms in total. The van der Waals surface area contributed by atoms with Crippen molar-refractivity contribution in [2.45, 2.75) is 335 Å². The lowest BCUT2D eigenvalue weighted by Gasteiger charge is -2.29. The number of unbranched alkanes of at least 4 members (excludes halogenated alkanes) is 42. The minimum absolute atomic E-state index is 0.385. The van der Waals surface area contributed by atoms with Gasteiger partial charge in [0.15, 0.2) is 0 Å². The quantitative estimate of drug-likeness (QED) is 0.0615. The summed E-state index contributed by atoms with van der Waals surface area (Å²) in [6, 6.07) is 0. The fourth-order valence-electron chi connectivity index (χ4n) is 8.85. The van der Waals surface area contributed by atoms with E-state index in [2.05, 4.69) is 20.8 Å². The van der Waals surface area contributed by atoms with Crippen molar-refractivity contribution in [3.8, 4) is 0 Å². The Hall–Kier alpha value is -0.0400. The van der Waals surface area contributed by atoms with Gasteiger partial charge in [-0.1, -0.05) is 310 Å². The number of hydrogen-bond acceptors (Lipinski definition) is 1. The zero-order valence-electron chi connectivity index (χ0n) is 37.9. The van der Waals surface area contributed by atoms with Crippen LogP contribution in [-0.4, -0.2) is 10.7 Å². The predicted octanol–water partition coefficient (Wildman–Crippen LogP) is 19.5. The van der Waals surface area contributed by atoms with E-state index in [0.29, 0.717) is 0 Å². The third-order valence-electron chi connectivity index (χ3n) is 12.7. The third-order valence-corrected chi connectivity index (χ3v) is 12.7. The molecule has 0 fully saturated rings. The monoisotopic (exact) mass is 747 g/mol. The van der Waals surface area contributed by atoms with Crippen LogP contribution in [0.25, 0.3) is 0 Å². The molecule has 0 saturated heterocycles. The van der Waals surface area contributed by atoms with Crippen LogP contribution in [0.15, 0.2) is 0 Å². The van der Waals surface area contributed by atoms with Gasteiger partial charge in [0.2, 0.25) is 0 Å². The van der Waals surface area contributed by atoms with Crippen molar-refractivity contribution in [2.24, 2.45) is 0 Å². The molecular weight excluding hydrogens is 641 g/mol. The van der Waals surface area contributed by atoms with Crippen LogP contribution in [0.4, 0.5) is 0 Å². The number of rotatable bonds is 48. The van der Waals surface area contributed by atoms with Gasteiger partial charge in [0, 0.05) is 0 Å². The van der Waals surface area contributed by atoms with Crippen molar-refractivity contribution in [1.29, 1.82) is 0 Å². The first-order chi connectivity index (χ1) is 26.2. The van der Waals surface area contributed by atoms with E-state index in [9.17, 15) is 5.11 Å². The van der Waals surface area contributed by atoms with Crippen LogP contribution in [0.5, 0.6) is 0 Å². The zero-order chi connectivity index (χ0) is 38.4. The fraction of sp³-hybridized carbons (Fsp3) is 1.00. The Morgan fingerprint density at radius 1 is 0.189 bits per heavy atom. The molecule has 0 radical (unpaired) electrons. The Kier molecular flexibility index (Phi) is 46.3. The molecule has 0 amide bonds. The lowest BCUT2D eigenvalue weighted by molar-refractivity contribution is 0.00704. The van der Waals surface area contributed by atoms with Gasteiger partial charge in [-0.25, -0.2) is 0 Å². The average Bonchev–Trinajstić information content (AvgIpc) is 3.16. The fourth-order valence-corrected chi connectivity index (χ4v) is 8.85. The predicted molar refractivity (Wildman–Crippen MR) is 244 cm³/mol. The number of aliphatic hydroxyl groups is 1. The standard InChI is InChI=1S/C52H106O/c1-4-7-10-13-16-19-22-25-28-30-33-36-39-42-45-48-51-52(53,49-46-43-40-37-34-31-27-24-21-18-15-12-9-6-3)50-47-44-41-38-35-32-29-26-23-20-17-14-11-8-5-2/h53H,4-51H2,1-3H3. The van der Waals surface area contributed by atoms with E-state index in [4.69, 9.17) is 0 Å². The van der Waals surface area contributed by atoms with Gasteiger partial charge in [-0.05, 0) is 19.3 Å². The minimum Gasteiger partial charge on any atom is -0.390 e.